The molecule has 1 aromatic carbocycles. The fourth-order valence-electron chi connectivity index (χ4n) is 1.36. The minimum absolute atomic E-state index is 0.0207. The molecule has 0 aliphatic heterocycles. The number of hydrogen-bond donors (Lipinski definition) is 0. The number of carbonyl (C=O) groups is 1. The molecule has 0 saturated carbocycles. The highest BCUT2D eigenvalue weighted by Gasteiger charge is 2.13. The molecule has 3 heteroatoms. The summed E-state index contributed by atoms with van der Waals surface area (Å²) in [5, 5.41) is -0.439. The molecule has 1 atom stereocenters. The van der Waals surface area contributed by atoms with Crippen LogP contribution in [0.5, 0.6) is 0 Å². The van der Waals surface area contributed by atoms with E-state index in [9.17, 15) is 4.79 Å². The second-order valence-corrected chi connectivity index (χ2v) is 4.27. The van der Waals surface area contributed by atoms with E-state index in [1.54, 1.807) is 18.9 Å². The molecular weight excluding hydrogens is 210 g/mol. The first-order valence-electron chi connectivity index (χ1n) is 5.04. The molecule has 1 amide bonds. The zero-order chi connectivity index (χ0) is 11.3. The van der Waals surface area contributed by atoms with E-state index in [0.717, 1.165) is 6.42 Å². The van der Waals surface area contributed by atoms with Gasteiger partial charge in [0.1, 0.15) is 5.38 Å². The Bertz CT molecular complexity index is 311. The summed E-state index contributed by atoms with van der Waals surface area (Å²) >= 11 is 5.71. The molecule has 0 N–H and O–H groups in total. The van der Waals surface area contributed by atoms with Crippen LogP contribution in [0.15, 0.2) is 30.3 Å². The molecule has 82 valence electrons. The summed E-state index contributed by atoms with van der Waals surface area (Å²) in [6.07, 6.45) is 0.868. The zero-order valence-corrected chi connectivity index (χ0v) is 9.87. The minimum atomic E-state index is -0.439. The maximum Gasteiger partial charge on any atom is 0.240 e. The summed E-state index contributed by atoms with van der Waals surface area (Å²) in [4.78, 5) is 13.1. The van der Waals surface area contributed by atoms with Crippen molar-refractivity contribution in [2.45, 2.75) is 18.7 Å². The molecule has 1 unspecified atom stereocenters. The lowest BCUT2D eigenvalue weighted by Gasteiger charge is -2.18. The van der Waals surface area contributed by atoms with Crippen molar-refractivity contribution in [3.8, 4) is 0 Å². The molecule has 0 aliphatic rings. The van der Waals surface area contributed by atoms with Crippen molar-refractivity contribution in [1.29, 1.82) is 0 Å². The highest BCUT2D eigenvalue weighted by molar-refractivity contribution is 6.30. The third-order valence-corrected chi connectivity index (χ3v) is 2.48. The summed E-state index contributed by atoms with van der Waals surface area (Å²) < 4.78 is 0. The largest absolute Gasteiger partial charge is 0.344 e. The number of rotatable bonds is 4. The van der Waals surface area contributed by atoms with Crippen LogP contribution in [-0.2, 0) is 11.2 Å². The van der Waals surface area contributed by atoms with E-state index >= 15 is 0 Å². The van der Waals surface area contributed by atoms with Crippen LogP contribution in [0.1, 0.15) is 12.5 Å². The van der Waals surface area contributed by atoms with Crippen LogP contribution >= 0.6 is 11.6 Å². The third kappa shape index (κ3) is 3.92. The van der Waals surface area contributed by atoms with Gasteiger partial charge in [-0.05, 0) is 18.9 Å². The summed E-state index contributed by atoms with van der Waals surface area (Å²) in [7, 11) is 1.78. The monoisotopic (exact) mass is 225 g/mol. The fourth-order valence-corrected chi connectivity index (χ4v) is 1.52. The lowest BCUT2D eigenvalue weighted by Crippen LogP contribution is -2.33. The second-order valence-electron chi connectivity index (χ2n) is 3.61. The standard InChI is InChI=1S/C12H16ClNO/c1-10(13)12(15)14(2)9-8-11-6-4-3-5-7-11/h3-7,10H,8-9H2,1-2H3. The topological polar surface area (TPSA) is 20.3 Å². The Morgan fingerprint density at radius 3 is 2.53 bits per heavy atom. The van der Waals surface area contributed by atoms with Crippen molar-refractivity contribution in [2.75, 3.05) is 13.6 Å². The number of halogens is 1. The van der Waals surface area contributed by atoms with Gasteiger partial charge < -0.3 is 4.90 Å². The van der Waals surface area contributed by atoms with Crippen molar-refractivity contribution >= 4 is 17.5 Å². The summed E-state index contributed by atoms with van der Waals surface area (Å²) in [6, 6.07) is 10.1. The highest BCUT2D eigenvalue weighted by atomic mass is 35.5. The molecule has 15 heavy (non-hydrogen) atoms. The lowest BCUT2D eigenvalue weighted by molar-refractivity contribution is -0.129. The molecule has 1 rings (SSSR count). The van der Waals surface area contributed by atoms with E-state index in [1.165, 1.54) is 5.56 Å². The fraction of sp³-hybridized carbons (Fsp3) is 0.417. The normalized spacial score (nSPS) is 12.2. The Morgan fingerprint density at radius 2 is 2.00 bits per heavy atom. The molecule has 0 radical (unpaired) electrons. The Labute approximate surface area is 95.8 Å². The maximum atomic E-state index is 11.5. The van der Waals surface area contributed by atoms with Crippen LogP contribution in [0.2, 0.25) is 0 Å². The maximum absolute atomic E-state index is 11.5. The molecule has 0 saturated heterocycles. The van der Waals surface area contributed by atoms with E-state index < -0.39 is 5.38 Å². The van der Waals surface area contributed by atoms with Crippen LogP contribution in [0, 0.1) is 0 Å². The quantitative estimate of drug-likeness (QED) is 0.721. The van der Waals surface area contributed by atoms with E-state index in [0.29, 0.717) is 6.54 Å². The molecule has 1 aromatic rings. The molecule has 0 aromatic heterocycles. The highest BCUT2D eigenvalue weighted by Crippen LogP contribution is 2.03. The second kappa shape index (κ2) is 5.76. The molecular formula is C12H16ClNO. The van der Waals surface area contributed by atoms with E-state index in [-0.39, 0.29) is 5.91 Å². The predicted octanol–water partition coefficient (Wildman–Crippen LogP) is 2.31. The molecule has 0 bridgehead atoms. The van der Waals surface area contributed by atoms with Gasteiger partial charge in [-0.15, -0.1) is 11.6 Å². The van der Waals surface area contributed by atoms with Gasteiger partial charge in [0, 0.05) is 13.6 Å². The van der Waals surface area contributed by atoms with Crippen molar-refractivity contribution in [1.82, 2.24) is 4.90 Å². The van der Waals surface area contributed by atoms with Gasteiger partial charge in [0.05, 0.1) is 0 Å². The Morgan fingerprint density at radius 1 is 1.40 bits per heavy atom. The van der Waals surface area contributed by atoms with Crippen molar-refractivity contribution < 1.29 is 4.79 Å². The smallest absolute Gasteiger partial charge is 0.240 e. The SMILES string of the molecule is CC(Cl)C(=O)N(C)CCc1ccccc1. The number of benzene rings is 1. The van der Waals surface area contributed by atoms with Gasteiger partial charge in [-0.2, -0.15) is 0 Å². The number of nitrogens with zero attached hydrogens (tertiary/aromatic N) is 1. The lowest BCUT2D eigenvalue weighted by atomic mass is 10.1. The number of amides is 1. The summed E-state index contributed by atoms with van der Waals surface area (Å²) in [5.74, 6) is -0.0207. The van der Waals surface area contributed by atoms with Gasteiger partial charge in [-0.3, -0.25) is 4.79 Å². The molecule has 0 spiro atoms. The Balaban J connectivity index is 2.41. The molecule has 0 heterocycles. The van der Waals surface area contributed by atoms with E-state index in [4.69, 9.17) is 11.6 Å². The molecule has 0 aliphatic carbocycles. The molecule has 0 fully saturated rings. The van der Waals surface area contributed by atoms with Crippen LogP contribution in [0.3, 0.4) is 0 Å². The zero-order valence-electron chi connectivity index (χ0n) is 9.11. The Hall–Kier alpha value is -1.02. The summed E-state index contributed by atoms with van der Waals surface area (Å²) in [5.41, 5.74) is 1.24. The van der Waals surface area contributed by atoms with Gasteiger partial charge >= 0.3 is 0 Å². The van der Waals surface area contributed by atoms with Crippen molar-refractivity contribution in [3.63, 3.8) is 0 Å². The first-order valence-corrected chi connectivity index (χ1v) is 5.48. The number of hydrogen-bond acceptors (Lipinski definition) is 1. The van der Waals surface area contributed by atoms with Gasteiger partial charge in [0.15, 0.2) is 0 Å². The first kappa shape index (κ1) is 12.1. The van der Waals surface area contributed by atoms with Crippen LogP contribution < -0.4 is 0 Å². The number of alkyl halides is 1. The average molecular weight is 226 g/mol. The Kier molecular flexibility index (Phi) is 4.63. The van der Waals surface area contributed by atoms with Crippen molar-refractivity contribution in [2.24, 2.45) is 0 Å². The predicted molar refractivity (Wildman–Crippen MR) is 63.1 cm³/mol. The van der Waals surface area contributed by atoms with E-state index in [1.807, 2.05) is 18.2 Å². The van der Waals surface area contributed by atoms with Gasteiger partial charge in [0.25, 0.3) is 0 Å². The van der Waals surface area contributed by atoms with Crippen LogP contribution in [0.4, 0.5) is 0 Å². The van der Waals surface area contributed by atoms with Crippen LogP contribution in [-0.4, -0.2) is 29.8 Å². The average Bonchev–Trinajstić information content (AvgIpc) is 2.26. The number of carbonyl (C=O) groups excluding carboxylic acids is 1. The third-order valence-electron chi connectivity index (χ3n) is 2.30. The first-order chi connectivity index (χ1) is 7.11. The van der Waals surface area contributed by atoms with Gasteiger partial charge in [0.2, 0.25) is 5.91 Å². The van der Waals surface area contributed by atoms with Crippen molar-refractivity contribution in [3.05, 3.63) is 35.9 Å². The van der Waals surface area contributed by atoms with E-state index in [2.05, 4.69) is 12.1 Å². The minimum Gasteiger partial charge on any atom is -0.344 e. The molecule has 2 nitrogen and oxygen atoms in total. The summed E-state index contributed by atoms with van der Waals surface area (Å²) in [6.45, 7) is 2.41. The van der Waals surface area contributed by atoms with Gasteiger partial charge in [-0.25, -0.2) is 0 Å². The van der Waals surface area contributed by atoms with Gasteiger partial charge in [-0.1, -0.05) is 30.3 Å². The number of likely N-dealkylation sites (N-methyl/N-ethyl adjacent to an activating group) is 1. The van der Waals surface area contributed by atoms with Crippen LogP contribution in [0.25, 0.3) is 0 Å².